The van der Waals surface area contributed by atoms with Crippen molar-refractivity contribution in [1.82, 2.24) is 15.1 Å². The summed E-state index contributed by atoms with van der Waals surface area (Å²) in [4.78, 5) is 27.0. The summed E-state index contributed by atoms with van der Waals surface area (Å²) in [6, 6.07) is -0.312. The van der Waals surface area contributed by atoms with Crippen LogP contribution in [-0.4, -0.2) is 66.1 Å². The number of amides is 2. The van der Waals surface area contributed by atoms with Gasteiger partial charge in [0.25, 0.3) is 0 Å². The Kier molecular flexibility index (Phi) is 5.03. The summed E-state index contributed by atoms with van der Waals surface area (Å²) in [7, 11) is 0. The SMILES string of the molecule is O=C(NC1CCN(C2CCN(CC(F)(F)F)C2=O)CC1)C1CCC1. The Bertz CT molecular complexity index is 485. The molecular formula is C16H24F3N3O2. The lowest BCUT2D eigenvalue weighted by Crippen LogP contribution is -2.51. The Morgan fingerprint density at radius 1 is 1.08 bits per heavy atom. The number of halogens is 3. The average molecular weight is 347 g/mol. The first-order chi connectivity index (χ1) is 11.3. The smallest absolute Gasteiger partial charge is 0.353 e. The maximum Gasteiger partial charge on any atom is 0.406 e. The lowest BCUT2D eigenvalue weighted by molar-refractivity contribution is -0.159. The van der Waals surface area contributed by atoms with Gasteiger partial charge in [-0.05, 0) is 32.1 Å². The molecule has 24 heavy (non-hydrogen) atoms. The van der Waals surface area contributed by atoms with Crippen molar-refractivity contribution < 1.29 is 22.8 Å². The second kappa shape index (κ2) is 6.90. The van der Waals surface area contributed by atoms with E-state index in [0.29, 0.717) is 19.5 Å². The van der Waals surface area contributed by atoms with Gasteiger partial charge in [0.2, 0.25) is 11.8 Å². The molecule has 2 aliphatic heterocycles. The van der Waals surface area contributed by atoms with Gasteiger partial charge < -0.3 is 10.2 Å². The first kappa shape index (κ1) is 17.5. The van der Waals surface area contributed by atoms with Crippen molar-refractivity contribution in [2.24, 2.45) is 5.92 Å². The fraction of sp³-hybridized carbons (Fsp3) is 0.875. The summed E-state index contributed by atoms with van der Waals surface area (Å²) in [5.41, 5.74) is 0. The van der Waals surface area contributed by atoms with Gasteiger partial charge in [-0.2, -0.15) is 13.2 Å². The zero-order valence-electron chi connectivity index (χ0n) is 13.6. The number of alkyl halides is 3. The number of rotatable bonds is 4. The normalized spacial score (nSPS) is 27.4. The third kappa shape index (κ3) is 4.02. The van der Waals surface area contributed by atoms with E-state index in [1.54, 1.807) is 0 Å². The van der Waals surface area contributed by atoms with E-state index in [9.17, 15) is 22.8 Å². The largest absolute Gasteiger partial charge is 0.406 e. The molecule has 2 amide bonds. The molecule has 1 aliphatic carbocycles. The summed E-state index contributed by atoms with van der Waals surface area (Å²) in [6.07, 6.45) is 0.668. The number of nitrogens with zero attached hydrogens (tertiary/aromatic N) is 2. The molecule has 3 aliphatic rings. The van der Waals surface area contributed by atoms with Crippen LogP contribution in [0, 0.1) is 5.92 Å². The van der Waals surface area contributed by atoms with Gasteiger partial charge in [0.05, 0.1) is 6.04 Å². The fourth-order valence-electron chi connectivity index (χ4n) is 3.78. The van der Waals surface area contributed by atoms with E-state index in [0.717, 1.165) is 37.0 Å². The van der Waals surface area contributed by atoms with Crippen LogP contribution < -0.4 is 5.32 Å². The molecule has 1 atom stereocenters. The lowest BCUT2D eigenvalue weighted by atomic mass is 9.84. The third-order valence-electron chi connectivity index (χ3n) is 5.43. The van der Waals surface area contributed by atoms with Crippen LogP contribution >= 0.6 is 0 Å². The van der Waals surface area contributed by atoms with Crippen molar-refractivity contribution in [2.45, 2.75) is 56.8 Å². The van der Waals surface area contributed by atoms with Crippen LogP contribution in [0.3, 0.4) is 0 Å². The van der Waals surface area contributed by atoms with E-state index >= 15 is 0 Å². The van der Waals surface area contributed by atoms with Crippen molar-refractivity contribution in [3.05, 3.63) is 0 Å². The molecule has 1 unspecified atom stereocenters. The minimum Gasteiger partial charge on any atom is -0.353 e. The van der Waals surface area contributed by atoms with Gasteiger partial charge in [0.1, 0.15) is 6.54 Å². The number of hydrogen-bond donors (Lipinski definition) is 1. The molecule has 5 nitrogen and oxygen atoms in total. The number of carbonyl (C=O) groups is 2. The minimum absolute atomic E-state index is 0.122. The number of likely N-dealkylation sites (tertiary alicyclic amines) is 2. The summed E-state index contributed by atoms with van der Waals surface area (Å²) in [6.45, 7) is 0.301. The second-order valence-electron chi connectivity index (χ2n) is 7.13. The molecule has 0 aromatic rings. The minimum atomic E-state index is -4.34. The summed E-state index contributed by atoms with van der Waals surface area (Å²) >= 11 is 0. The topological polar surface area (TPSA) is 52.7 Å². The van der Waals surface area contributed by atoms with Gasteiger partial charge >= 0.3 is 6.18 Å². The molecule has 1 saturated carbocycles. The second-order valence-corrected chi connectivity index (χ2v) is 7.13. The lowest BCUT2D eigenvalue weighted by Gasteiger charge is -2.36. The highest BCUT2D eigenvalue weighted by Crippen LogP contribution is 2.28. The highest BCUT2D eigenvalue weighted by atomic mass is 19.4. The zero-order chi connectivity index (χ0) is 17.3. The van der Waals surface area contributed by atoms with E-state index in [1.165, 1.54) is 0 Å². The van der Waals surface area contributed by atoms with Crippen LogP contribution in [0.25, 0.3) is 0 Å². The zero-order valence-corrected chi connectivity index (χ0v) is 13.6. The maximum absolute atomic E-state index is 12.5. The van der Waals surface area contributed by atoms with Crippen molar-refractivity contribution in [3.63, 3.8) is 0 Å². The van der Waals surface area contributed by atoms with Crippen LogP contribution in [0.15, 0.2) is 0 Å². The molecule has 2 saturated heterocycles. The quantitative estimate of drug-likeness (QED) is 0.839. The molecule has 3 rings (SSSR count). The van der Waals surface area contributed by atoms with Crippen LogP contribution in [-0.2, 0) is 9.59 Å². The van der Waals surface area contributed by atoms with E-state index in [4.69, 9.17) is 0 Å². The monoisotopic (exact) mass is 347 g/mol. The molecule has 0 radical (unpaired) electrons. The highest BCUT2D eigenvalue weighted by Gasteiger charge is 2.42. The summed E-state index contributed by atoms with van der Waals surface area (Å²) in [5, 5.41) is 3.07. The van der Waals surface area contributed by atoms with Crippen LogP contribution in [0.4, 0.5) is 13.2 Å². The Hall–Kier alpha value is -1.31. The van der Waals surface area contributed by atoms with Gasteiger partial charge in [-0.1, -0.05) is 6.42 Å². The Balaban J connectivity index is 1.45. The Morgan fingerprint density at radius 3 is 2.29 bits per heavy atom. The highest BCUT2D eigenvalue weighted by molar-refractivity contribution is 5.84. The molecular weight excluding hydrogens is 323 g/mol. The van der Waals surface area contributed by atoms with Crippen LogP contribution in [0.1, 0.15) is 38.5 Å². The molecule has 136 valence electrons. The average Bonchev–Trinajstić information content (AvgIpc) is 2.77. The van der Waals surface area contributed by atoms with E-state index in [-0.39, 0.29) is 24.4 Å². The Labute approximate surface area is 139 Å². The molecule has 8 heteroatoms. The number of piperidine rings is 1. The Morgan fingerprint density at radius 2 is 1.75 bits per heavy atom. The molecule has 0 spiro atoms. The molecule has 3 fully saturated rings. The third-order valence-corrected chi connectivity index (χ3v) is 5.43. The summed E-state index contributed by atoms with van der Waals surface area (Å²) in [5.74, 6) is -0.118. The molecule has 0 aromatic carbocycles. The van der Waals surface area contributed by atoms with Crippen molar-refractivity contribution in [2.75, 3.05) is 26.2 Å². The van der Waals surface area contributed by atoms with Gasteiger partial charge in [-0.15, -0.1) is 0 Å². The standard InChI is InChI=1S/C16H24F3N3O2/c17-16(18,19)10-22-9-6-13(15(22)24)21-7-4-12(5-8-21)20-14(23)11-2-1-3-11/h11-13H,1-10H2,(H,20,23). The molecule has 0 aromatic heterocycles. The molecule has 0 bridgehead atoms. The number of hydrogen-bond acceptors (Lipinski definition) is 3. The fourth-order valence-corrected chi connectivity index (χ4v) is 3.78. The van der Waals surface area contributed by atoms with E-state index in [1.807, 2.05) is 4.90 Å². The molecule has 2 heterocycles. The predicted molar refractivity (Wildman–Crippen MR) is 81.1 cm³/mol. The first-order valence-corrected chi connectivity index (χ1v) is 8.73. The van der Waals surface area contributed by atoms with Gasteiger partial charge in [-0.3, -0.25) is 14.5 Å². The van der Waals surface area contributed by atoms with E-state index < -0.39 is 24.7 Å². The number of carbonyl (C=O) groups excluding carboxylic acids is 2. The van der Waals surface area contributed by atoms with E-state index in [2.05, 4.69) is 5.32 Å². The van der Waals surface area contributed by atoms with Crippen LogP contribution in [0.5, 0.6) is 0 Å². The van der Waals surface area contributed by atoms with Crippen molar-refractivity contribution in [3.8, 4) is 0 Å². The first-order valence-electron chi connectivity index (χ1n) is 8.73. The number of nitrogens with one attached hydrogen (secondary N) is 1. The maximum atomic E-state index is 12.5. The van der Waals surface area contributed by atoms with Gasteiger partial charge in [-0.25, -0.2) is 0 Å². The van der Waals surface area contributed by atoms with Gasteiger partial charge in [0, 0.05) is 31.6 Å². The summed E-state index contributed by atoms with van der Waals surface area (Å²) < 4.78 is 37.4. The predicted octanol–water partition coefficient (Wildman–Crippen LogP) is 1.53. The molecule has 1 N–H and O–H groups in total. The van der Waals surface area contributed by atoms with Crippen molar-refractivity contribution in [1.29, 1.82) is 0 Å². The van der Waals surface area contributed by atoms with Crippen LogP contribution in [0.2, 0.25) is 0 Å². The van der Waals surface area contributed by atoms with Gasteiger partial charge in [0.15, 0.2) is 0 Å². The van der Waals surface area contributed by atoms with Crippen molar-refractivity contribution >= 4 is 11.8 Å².